The van der Waals surface area contributed by atoms with Gasteiger partial charge in [0.1, 0.15) is 12.7 Å². The van der Waals surface area contributed by atoms with Crippen LogP contribution in [0, 0.1) is 0 Å². The van der Waals surface area contributed by atoms with Crippen molar-refractivity contribution in [2.75, 3.05) is 25.0 Å². The van der Waals surface area contributed by atoms with Crippen molar-refractivity contribution >= 4 is 29.5 Å². The van der Waals surface area contributed by atoms with Crippen molar-refractivity contribution in [3.63, 3.8) is 0 Å². The molecule has 4 heterocycles. The van der Waals surface area contributed by atoms with Crippen LogP contribution < -0.4 is 20.9 Å². The van der Waals surface area contributed by atoms with Gasteiger partial charge in [0, 0.05) is 34.2 Å². The number of aliphatic imine (C=N–C) groups is 1. The second-order valence-corrected chi connectivity index (χ2v) is 10.3. The third kappa shape index (κ3) is 4.75. The quantitative estimate of drug-likeness (QED) is 0.390. The number of aromatic nitrogens is 2. The smallest absolute Gasteiger partial charge is 0.251 e. The van der Waals surface area contributed by atoms with E-state index in [-0.39, 0.29) is 11.9 Å². The van der Waals surface area contributed by atoms with Crippen LogP contribution in [-0.4, -0.2) is 51.9 Å². The number of hydrogen-bond donors (Lipinski definition) is 5. The minimum atomic E-state index is 0.00278. The number of quaternary nitrogens is 1. The molecule has 2 aromatic rings. The second kappa shape index (κ2) is 9.28. The van der Waals surface area contributed by atoms with E-state index in [1.165, 1.54) is 18.5 Å². The largest absolute Gasteiger partial charge is 0.349 e. The first-order valence-electron chi connectivity index (χ1n) is 11.9. The number of carbonyl (C=O) groups is 1. The molecule has 1 amide bonds. The van der Waals surface area contributed by atoms with E-state index in [1.54, 1.807) is 11.9 Å². The Labute approximate surface area is 202 Å². The SMILES string of the molecule is O=C(NC1CCNCC1)c1ccc(SN2C=C(Nc3cc(C4CC4)[nH]n3)[NH+]3C=CN=C3C2)cc1. The first-order chi connectivity index (χ1) is 16.7. The molecule has 1 atom stereocenters. The summed E-state index contributed by atoms with van der Waals surface area (Å²) in [4.78, 5) is 19.3. The predicted octanol–water partition coefficient (Wildman–Crippen LogP) is 1.77. The number of amides is 1. The second-order valence-electron chi connectivity index (χ2n) is 9.14. The van der Waals surface area contributed by atoms with Crippen molar-refractivity contribution < 1.29 is 9.69 Å². The normalized spacial score (nSPS) is 22.2. The average Bonchev–Trinajstić information content (AvgIpc) is 3.41. The molecule has 1 saturated heterocycles. The number of amidine groups is 1. The number of rotatable bonds is 7. The lowest BCUT2D eigenvalue weighted by Crippen LogP contribution is -3.10. The van der Waals surface area contributed by atoms with Crippen LogP contribution in [0.25, 0.3) is 0 Å². The highest BCUT2D eigenvalue weighted by molar-refractivity contribution is 7.97. The maximum absolute atomic E-state index is 12.6. The molecule has 1 aromatic heterocycles. The van der Waals surface area contributed by atoms with Crippen molar-refractivity contribution in [3.8, 4) is 0 Å². The molecular weight excluding hydrogens is 448 g/mol. The van der Waals surface area contributed by atoms with Gasteiger partial charge in [-0.2, -0.15) is 5.10 Å². The molecule has 34 heavy (non-hydrogen) atoms. The fourth-order valence-electron chi connectivity index (χ4n) is 4.48. The van der Waals surface area contributed by atoms with Crippen LogP contribution in [-0.2, 0) is 0 Å². The molecule has 2 fully saturated rings. The van der Waals surface area contributed by atoms with Crippen LogP contribution in [0.2, 0.25) is 0 Å². The van der Waals surface area contributed by atoms with Gasteiger partial charge in [-0.15, -0.1) is 0 Å². The maximum atomic E-state index is 12.6. The Morgan fingerprint density at radius 3 is 2.76 bits per heavy atom. The molecule has 3 aliphatic heterocycles. The van der Waals surface area contributed by atoms with Crippen LogP contribution in [0.15, 0.2) is 64.6 Å². The molecular formula is C24H29N8OS+. The van der Waals surface area contributed by atoms with Crippen LogP contribution in [0.1, 0.15) is 47.7 Å². The zero-order valence-corrected chi connectivity index (χ0v) is 19.7. The summed E-state index contributed by atoms with van der Waals surface area (Å²) in [5.74, 6) is 3.49. The predicted molar refractivity (Wildman–Crippen MR) is 132 cm³/mol. The highest BCUT2D eigenvalue weighted by Gasteiger charge is 2.32. The van der Waals surface area contributed by atoms with Crippen LogP contribution in [0.5, 0.6) is 0 Å². The third-order valence-electron chi connectivity index (χ3n) is 6.54. The third-order valence-corrected chi connectivity index (χ3v) is 7.49. The Balaban J connectivity index is 1.12. The van der Waals surface area contributed by atoms with Crippen molar-refractivity contribution in [1.82, 2.24) is 25.1 Å². The molecule has 4 aliphatic rings. The molecule has 0 bridgehead atoms. The summed E-state index contributed by atoms with van der Waals surface area (Å²) in [7, 11) is 0. The molecule has 0 radical (unpaired) electrons. The number of piperidine rings is 1. The number of H-pyrrole nitrogens is 1. The van der Waals surface area contributed by atoms with E-state index in [4.69, 9.17) is 0 Å². The lowest BCUT2D eigenvalue weighted by molar-refractivity contribution is -0.699. The van der Waals surface area contributed by atoms with E-state index in [1.807, 2.05) is 36.7 Å². The molecule has 1 aromatic carbocycles. The molecule has 1 aliphatic carbocycles. The number of carbonyl (C=O) groups excluding carboxylic acids is 1. The lowest BCUT2D eigenvalue weighted by atomic mass is 10.1. The summed E-state index contributed by atoms with van der Waals surface area (Å²) in [6.07, 6.45) is 10.4. The summed E-state index contributed by atoms with van der Waals surface area (Å²) >= 11 is 1.63. The van der Waals surface area contributed by atoms with Crippen LogP contribution >= 0.6 is 11.9 Å². The number of anilines is 1. The van der Waals surface area contributed by atoms with Gasteiger partial charge in [0.15, 0.2) is 5.82 Å². The van der Waals surface area contributed by atoms with E-state index in [0.717, 1.165) is 53.2 Å². The summed E-state index contributed by atoms with van der Waals surface area (Å²) < 4.78 is 2.16. The fraction of sp³-hybridized carbons (Fsp3) is 0.375. The zero-order chi connectivity index (χ0) is 22.9. The number of nitrogens with one attached hydrogen (secondary N) is 5. The van der Waals surface area contributed by atoms with Gasteiger partial charge in [-0.3, -0.25) is 19.5 Å². The molecule has 176 valence electrons. The van der Waals surface area contributed by atoms with E-state index in [2.05, 4.69) is 47.7 Å². The van der Waals surface area contributed by atoms with Crippen molar-refractivity contribution in [3.05, 3.63) is 66.0 Å². The number of benzene rings is 1. The van der Waals surface area contributed by atoms with E-state index < -0.39 is 0 Å². The first-order valence-corrected chi connectivity index (χ1v) is 12.7. The highest BCUT2D eigenvalue weighted by atomic mass is 32.2. The Morgan fingerprint density at radius 2 is 1.97 bits per heavy atom. The van der Waals surface area contributed by atoms with Gasteiger partial charge >= 0.3 is 0 Å². The standard InChI is InChI=1S/C24H28N8OS/c33-24(27-18-7-9-25-10-8-18)17-3-5-19(6-4-17)34-31-14-22-26-11-12-32(22)23(15-31)28-21-13-20(29-30-21)16-1-2-16/h3-6,11-13,15-16,18,25H,1-2,7-10,14H2,(H,27,33)(H2,28,29,30)/p+1. The lowest BCUT2D eigenvalue weighted by Gasteiger charge is -2.27. The first kappa shape index (κ1) is 21.5. The van der Waals surface area contributed by atoms with Gasteiger partial charge in [-0.25, -0.2) is 9.89 Å². The molecule has 10 heteroatoms. The van der Waals surface area contributed by atoms with Crippen molar-refractivity contribution in [2.45, 2.75) is 42.5 Å². The number of aromatic amines is 1. The minimum absolute atomic E-state index is 0.00278. The van der Waals surface area contributed by atoms with Crippen molar-refractivity contribution in [1.29, 1.82) is 0 Å². The molecule has 0 spiro atoms. The summed E-state index contributed by atoms with van der Waals surface area (Å²) in [6, 6.07) is 10.2. The maximum Gasteiger partial charge on any atom is 0.251 e. The topological polar surface area (TPSA) is 102 Å². The molecule has 6 rings (SSSR count). The number of hydrogen-bond acceptors (Lipinski definition) is 7. The van der Waals surface area contributed by atoms with Gasteiger partial charge in [0.25, 0.3) is 5.91 Å². The minimum Gasteiger partial charge on any atom is -0.349 e. The highest BCUT2D eigenvalue weighted by Crippen LogP contribution is 2.39. The van der Waals surface area contributed by atoms with Crippen molar-refractivity contribution in [2.24, 2.45) is 4.99 Å². The van der Waals surface area contributed by atoms with E-state index in [9.17, 15) is 4.79 Å². The number of fused-ring (bicyclic) bond motifs is 1. The Kier molecular flexibility index (Phi) is 5.86. The molecule has 5 N–H and O–H groups in total. The Morgan fingerprint density at radius 1 is 1.15 bits per heavy atom. The van der Waals surface area contributed by atoms with Gasteiger partial charge in [-0.1, -0.05) is 0 Å². The summed E-state index contributed by atoms with van der Waals surface area (Å²) in [5, 5.41) is 17.5. The van der Waals surface area contributed by atoms with E-state index in [0.29, 0.717) is 18.0 Å². The molecule has 1 saturated carbocycles. The van der Waals surface area contributed by atoms with E-state index >= 15 is 0 Å². The van der Waals surface area contributed by atoms with Gasteiger partial charge in [0.05, 0.1) is 12.4 Å². The monoisotopic (exact) mass is 477 g/mol. The molecule has 9 nitrogen and oxygen atoms in total. The Hall–Kier alpha value is -3.08. The average molecular weight is 478 g/mol. The van der Waals surface area contributed by atoms with Crippen LogP contribution in [0.4, 0.5) is 5.82 Å². The fourth-order valence-corrected chi connectivity index (χ4v) is 5.36. The zero-order valence-electron chi connectivity index (χ0n) is 18.9. The summed E-state index contributed by atoms with van der Waals surface area (Å²) in [5.41, 5.74) is 1.90. The van der Waals surface area contributed by atoms with Gasteiger partial charge in [-0.05, 0) is 75.0 Å². The van der Waals surface area contributed by atoms with Crippen LogP contribution in [0.3, 0.4) is 0 Å². The number of nitrogens with zero attached hydrogens (tertiary/aromatic N) is 3. The summed E-state index contributed by atoms with van der Waals surface area (Å²) in [6.45, 7) is 2.63. The van der Waals surface area contributed by atoms with Gasteiger partial charge < -0.3 is 10.6 Å². The Bertz CT molecular complexity index is 1140. The van der Waals surface area contributed by atoms with Gasteiger partial charge in [0.2, 0.25) is 11.7 Å². The molecule has 1 unspecified atom stereocenters.